The molecule has 6 nitrogen and oxygen atoms in total. The molecule has 1 saturated heterocycles. The lowest BCUT2D eigenvalue weighted by atomic mass is 9.86. The molecule has 1 N–H and O–H groups in total. The fourth-order valence-electron chi connectivity index (χ4n) is 3.07. The van der Waals surface area contributed by atoms with Crippen molar-refractivity contribution in [3.05, 3.63) is 27.7 Å². The Morgan fingerprint density at radius 1 is 1.52 bits per heavy atom. The summed E-state index contributed by atoms with van der Waals surface area (Å²) in [6.07, 6.45) is 4.41. The van der Waals surface area contributed by atoms with Crippen molar-refractivity contribution in [1.82, 2.24) is 15.1 Å². The van der Waals surface area contributed by atoms with Crippen LogP contribution in [0.4, 0.5) is 0 Å². The van der Waals surface area contributed by atoms with Crippen LogP contribution in [0.5, 0.6) is 0 Å². The van der Waals surface area contributed by atoms with Crippen LogP contribution in [0.15, 0.2) is 10.9 Å². The summed E-state index contributed by atoms with van der Waals surface area (Å²) in [6, 6.07) is 1.61. The van der Waals surface area contributed by atoms with Gasteiger partial charge in [-0.15, -0.1) is 0 Å². The number of nitrogens with zero attached hydrogens (tertiary/aromatic N) is 2. The molecule has 3 rings (SSSR count). The molecule has 0 aromatic carbocycles. The van der Waals surface area contributed by atoms with Gasteiger partial charge in [-0.25, -0.2) is 4.68 Å². The van der Waals surface area contributed by atoms with Crippen molar-refractivity contribution in [3.63, 3.8) is 0 Å². The van der Waals surface area contributed by atoms with E-state index in [1.54, 1.807) is 13.1 Å². The van der Waals surface area contributed by atoms with Crippen LogP contribution in [0.2, 0.25) is 0 Å². The van der Waals surface area contributed by atoms with Crippen LogP contribution in [0.1, 0.15) is 30.5 Å². The topological polar surface area (TPSA) is 73.2 Å². The largest absolute Gasteiger partial charge is 0.376 e. The summed E-state index contributed by atoms with van der Waals surface area (Å²) >= 11 is 0. The molecule has 0 spiro atoms. The Morgan fingerprint density at radius 3 is 3.14 bits per heavy atom. The summed E-state index contributed by atoms with van der Waals surface area (Å²) in [5.74, 6) is 0.00429. The average molecular weight is 291 g/mol. The molecule has 1 fully saturated rings. The maximum atomic E-state index is 12.2. The van der Waals surface area contributed by atoms with Gasteiger partial charge >= 0.3 is 0 Å². The van der Waals surface area contributed by atoms with Gasteiger partial charge in [0.25, 0.3) is 5.56 Å². The highest BCUT2D eigenvalue weighted by atomic mass is 16.5. The number of aromatic nitrogens is 2. The molecule has 6 heteroatoms. The van der Waals surface area contributed by atoms with Crippen LogP contribution in [0.25, 0.3) is 0 Å². The van der Waals surface area contributed by atoms with Gasteiger partial charge in [0.05, 0.1) is 11.8 Å². The Hall–Kier alpha value is -1.69. The van der Waals surface area contributed by atoms with Crippen LogP contribution in [-0.2, 0) is 29.4 Å². The summed E-state index contributed by atoms with van der Waals surface area (Å²) in [7, 11) is 1.66. The summed E-state index contributed by atoms with van der Waals surface area (Å²) in [5.41, 5.74) is 1.75. The van der Waals surface area contributed by atoms with E-state index in [-0.39, 0.29) is 23.5 Å². The number of ether oxygens (including phenoxy) is 1. The van der Waals surface area contributed by atoms with Crippen LogP contribution in [0.3, 0.4) is 0 Å². The van der Waals surface area contributed by atoms with Crippen molar-refractivity contribution in [3.8, 4) is 0 Å². The summed E-state index contributed by atoms with van der Waals surface area (Å²) in [4.78, 5) is 23.9. The minimum atomic E-state index is -0.117. The van der Waals surface area contributed by atoms with Crippen LogP contribution >= 0.6 is 0 Å². The molecule has 21 heavy (non-hydrogen) atoms. The molecule has 114 valence electrons. The SMILES string of the molecule is Cn1nc2c(cc1=O)C[C@H](C(=O)NC[C@@H]1CCCO1)CC2. The van der Waals surface area contributed by atoms with Crippen molar-refractivity contribution < 1.29 is 9.53 Å². The molecule has 1 amide bonds. The number of nitrogens with one attached hydrogen (secondary N) is 1. The molecule has 2 aliphatic rings. The summed E-state index contributed by atoms with van der Waals surface area (Å²) in [5, 5.41) is 7.25. The van der Waals surface area contributed by atoms with Crippen molar-refractivity contribution in [1.29, 1.82) is 0 Å². The maximum absolute atomic E-state index is 12.2. The Labute approximate surface area is 123 Å². The van der Waals surface area contributed by atoms with E-state index in [4.69, 9.17) is 4.74 Å². The van der Waals surface area contributed by atoms with Gasteiger partial charge in [0.2, 0.25) is 5.91 Å². The second-order valence-electron chi connectivity index (χ2n) is 5.90. The van der Waals surface area contributed by atoms with E-state index in [1.807, 2.05) is 0 Å². The average Bonchev–Trinajstić information content (AvgIpc) is 2.99. The van der Waals surface area contributed by atoms with Gasteiger partial charge in [-0.05, 0) is 37.7 Å². The smallest absolute Gasteiger partial charge is 0.266 e. The minimum absolute atomic E-state index is 0.0622. The van der Waals surface area contributed by atoms with Crippen LogP contribution in [0, 0.1) is 5.92 Å². The van der Waals surface area contributed by atoms with Gasteiger partial charge in [0, 0.05) is 32.2 Å². The van der Waals surface area contributed by atoms with E-state index in [0.29, 0.717) is 13.0 Å². The molecule has 0 bridgehead atoms. The van der Waals surface area contributed by atoms with E-state index in [1.165, 1.54) is 4.68 Å². The molecule has 2 heterocycles. The van der Waals surface area contributed by atoms with Gasteiger partial charge in [0.15, 0.2) is 0 Å². The molecule has 1 aromatic heterocycles. The Bertz CT molecular complexity index is 590. The van der Waals surface area contributed by atoms with E-state index in [2.05, 4.69) is 10.4 Å². The van der Waals surface area contributed by atoms with Gasteiger partial charge in [0.1, 0.15) is 0 Å². The molecular formula is C15H21N3O3. The Balaban J connectivity index is 1.61. The Kier molecular flexibility index (Phi) is 4.05. The third-order valence-corrected chi connectivity index (χ3v) is 4.35. The first kappa shape index (κ1) is 14.3. The fraction of sp³-hybridized carbons (Fsp3) is 0.667. The highest BCUT2D eigenvalue weighted by Crippen LogP contribution is 2.23. The van der Waals surface area contributed by atoms with E-state index in [0.717, 1.165) is 43.5 Å². The molecule has 1 aliphatic carbocycles. The third-order valence-electron chi connectivity index (χ3n) is 4.35. The number of hydrogen-bond acceptors (Lipinski definition) is 4. The molecule has 1 aliphatic heterocycles. The first-order valence-corrected chi connectivity index (χ1v) is 7.59. The fourth-order valence-corrected chi connectivity index (χ4v) is 3.07. The zero-order valence-electron chi connectivity index (χ0n) is 12.3. The first-order chi connectivity index (χ1) is 10.1. The predicted molar refractivity (Wildman–Crippen MR) is 77.0 cm³/mol. The van der Waals surface area contributed by atoms with Gasteiger partial charge < -0.3 is 10.1 Å². The molecule has 0 saturated carbocycles. The first-order valence-electron chi connectivity index (χ1n) is 7.59. The van der Waals surface area contributed by atoms with Crippen molar-refractivity contribution in [2.75, 3.05) is 13.2 Å². The van der Waals surface area contributed by atoms with E-state index >= 15 is 0 Å². The monoisotopic (exact) mass is 291 g/mol. The van der Waals surface area contributed by atoms with E-state index in [9.17, 15) is 9.59 Å². The lowest BCUT2D eigenvalue weighted by Gasteiger charge is -2.23. The number of carbonyl (C=O) groups is 1. The van der Waals surface area contributed by atoms with Crippen LogP contribution < -0.4 is 10.9 Å². The number of amides is 1. The lowest BCUT2D eigenvalue weighted by molar-refractivity contribution is -0.125. The van der Waals surface area contributed by atoms with Crippen molar-refractivity contribution in [2.24, 2.45) is 13.0 Å². The predicted octanol–water partition coefficient (Wildman–Crippen LogP) is 0.180. The molecule has 2 atom stereocenters. The zero-order valence-corrected chi connectivity index (χ0v) is 12.3. The normalized spacial score (nSPS) is 24.6. The molecule has 0 unspecified atom stereocenters. The number of carbonyl (C=O) groups excluding carboxylic acids is 1. The van der Waals surface area contributed by atoms with Gasteiger partial charge in [-0.1, -0.05) is 0 Å². The van der Waals surface area contributed by atoms with Crippen LogP contribution in [-0.4, -0.2) is 34.9 Å². The molecule has 0 radical (unpaired) electrons. The zero-order chi connectivity index (χ0) is 14.8. The summed E-state index contributed by atoms with van der Waals surface area (Å²) < 4.78 is 6.86. The minimum Gasteiger partial charge on any atom is -0.376 e. The number of hydrogen-bond donors (Lipinski definition) is 1. The highest BCUT2D eigenvalue weighted by molar-refractivity contribution is 5.79. The lowest BCUT2D eigenvalue weighted by Crippen LogP contribution is -2.39. The number of aryl methyl sites for hydroxylation is 2. The molecule has 1 aromatic rings. The van der Waals surface area contributed by atoms with Gasteiger partial charge in [-0.2, -0.15) is 5.10 Å². The van der Waals surface area contributed by atoms with Crippen molar-refractivity contribution >= 4 is 5.91 Å². The van der Waals surface area contributed by atoms with Crippen molar-refractivity contribution in [2.45, 2.75) is 38.2 Å². The standard InChI is InChI=1S/C15H21N3O3/c1-18-14(19)8-11-7-10(4-5-13(11)17-18)15(20)16-9-12-3-2-6-21-12/h8,10,12H,2-7,9H2,1H3,(H,16,20)/t10-,12+/m1/s1. The maximum Gasteiger partial charge on any atom is 0.266 e. The van der Waals surface area contributed by atoms with E-state index < -0.39 is 0 Å². The molecular weight excluding hydrogens is 270 g/mol. The second-order valence-corrected chi connectivity index (χ2v) is 5.90. The highest BCUT2D eigenvalue weighted by Gasteiger charge is 2.27. The van der Waals surface area contributed by atoms with Gasteiger partial charge in [-0.3, -0.25) is 9.59 Å². The quantitative estimate of drug-likeness (QED) is 0.862. The summed E-state index contributed by atoms with van der Waals surface area (Å²) in [6.45, 7) is 1.39. The Morgan fingerprint density at radius 2 is 2.38 bits per heavy atom. The third kappa shape index (κ3) is 3.15. The number of rotatable bonds is 3. The number of fused-ring (bicyclic) bond motifs is 1. The second kappa shape index (κ2) is 5.97.